The zero-order valence-electron chi connectivity index (χ0n) is 15.9. The van der Waals surface area contributed by atoms with Gasteiger partial charge in [0.1, 0.15) is 0 Å². The van der Waals surface area contributed by atoms with Crippen molar-refractivity contribution in [3.05, 3.63) is 41.5 Å². The number of anilines is 1. The van der Waals surface area contributed by atoms with Crippen LogP contribution in [0.5, 0.6) is 0 Å². The van der Waals surface area contributed by atoms with Gasteiger partial charge in [-0.3, -0.25) is 4.79 Å². The van der Waals surface area contributed by atoms with E-state index in [0.717, 1.165) is 24.4 Å². The van der Waals surface area contributed by atoms with E-state index in [1.165, 1.54) is 19.3 Å². The summed E-state index contributed by atoms with van der Waals surface area (Å²) in [5.74, 6) is 1.88. The standard InChI is InChI=1S/C20H28N4O2/c1-23(2)17-11-7-10-16(14-17)20(25)24(3)13-12-18-21-19(26-22-18)15-8-5-4-6-9-15/h7,10-11,14-15H,4-6,8-9,12-13H2,1-3H3. The van der Waals surface area contributed by atoms with Crippen molar-refractivity contribution in [2.75, 3.05) is 32.6 Å². The maximum absolute atomic E-state index is 12.6. The van der Waals surface area contributed by atoms with Crippen LogP contribution in [0, 0.1) is 0 Å². The quantitative estimate of drug-likeness (QED) is 0.793. The summed E-state index contributed by atoms with van der Waals surface area (Å²) in [6, 6.07) is 7.66. The zero-order chi connectivity index (χ0) is 18.5. The van der Waals surface area contributed by atoms with E-state index in [-0.39, 0.29) is 5.91 Å². The van der Waals surface area contributed by atoms with Crippen molar-refractivity contribution in [2.45, 2.75) is 44.4 Å². The van der Waals surface area contributed by atoms with Crippen molar-refractivity contribution in [3.8, 4) is 0 Å². The lowest BCUT2D eigenvalue weighted by molar-refractivity contribution is 0.0796. The van der Waals surface area contributed by atoms with Gasteiger partial charge < -0.3 is 14.3 Å². The van der Waals surface area contributed by atoms with Gasteiger partial charge in [-0.05, 0) is 31.0 Å². The summed E-state index contributed by atoms with van der Waals surface area (Å²) in [4.78, 5) is 20.9. The zero-order valence-corrected chi connectivity index (χ0v) is 15.9. The fraction of sp³-hybridized carbons (Fsp3) is 0.550. The molecule has 26 heavy (non-hydrogen) atoms. The SMILES string of the molecule is CN(CCc1noc(C2CCCCC2)n1)C(=O)c1cccc(N(C)C)c1. The molecule has 1 saturated carbocycles. The maximum atomic E-state index is 12.6. The number of carbonyl (C=O) groups excluding carboxylic acids is 1. The summed E-state index contributed by atoms with van der Waals surface area (Å²) < 4.78 is 5.45. The highest BCUT2D eigenvalue weighted by Gasteiger charge is 2.22. The maximum Gasteiger partial charge on any atom is 0.253 e. The molecule has 1 aromatic heterocycles. The Morgan fingerprint density at radius 1 is 1.19 bits per heavy atom. The van der Waals surface area contributed by atoms with E-state index in [4.69, 9.17) is 4.52 Å². The molecule has 6 nitrogen and oxygen atoms in total. The first-order valence-electron chi connectivity index (χ1n) is 9.40. The average molecular weight is 356 g/mol. The number of nitrogens with zero attached hydrogens (tertiary/aromatic N) is 4. The summed E-state index contributed by atoms with van der Waals surface area (Å²) in [5.41, 5.74) is 1.70. The second-order valence-corrected chi connectivity index (χ2v) is 7.31. The van der Waals surface area contributed by atoms with Gasteiger partial charge in [-0.1, -0.05) is 30.5 Å². The number of hydrogen-bond acceptors (Lipinski definition) is 5. The molecule has 6 heteroatoms. The number of hydrogen-bond donors (Lipinski definition) is 0. The summed E-state index contributed by atoms with van der Waals surface area (Å²) in [7, 11) is 5.74. The molecule has 0 spiro atoms. The molecular formula is C20H28N4O2. The van der Waals surface area contributed by atoms with Gasteiger partial charge in [0.15, 0.2) is 5.82 Å². The van der Waals surface area contributed by atoms with Crippen molar-refractivity contribution in [2.24, 2.45) is 0 Å². The first-order valence-corrected chi connectivity index (χ1v) is 9.40. The molecule has 1 aliphatic carbocycles. The van der Waals surface area contributed by atoms with Gasteiger partial charge in [0.2, 0.25) is 5.89 Å². The fourth-order valence-electron chi connectivity index (χ4n) is 3.39. The minimum Gasteiger partial charge on any atom is -0.378 e. The van der Waals surface area contributed by atoms with Crippen molar-refractivity contribution in [1.29, 1.82) is 0 Å². The third-order valence-corrected chi connectivity index (χ3v) is 5.07. The third kappa shape index (κ3) is 4.42. The van der Waals surface area contributed by atoms with Crippen molar-refractivity contribution < 1.29 is 9.32 Å². The molecule has 1 heterocycles. The summed E-state index contributed by atoms with van der Waals surface area (Å²) in [6.45, 7) is 0.564. The van der Waals surface area contributed by atoms with Crippen LogP contribution in [-0.4, -0.2) is 48.6 Å². The van der Waals surface area contributed by atoms with E-state index in [1.807, 2.05) is 50.3 Å². The molecule has 1 fully saturated rings. The van der Waals surface area contributed by atoms with Crippen LogP contribution in [0.2, 0.25) is 0 Å². The van der Waals surface area contributed by atoms with E-state index in [9.17, 15) is 4.79 Å². The van der Waals surface area contributed by atoms with Gasteiger partial charge in [0.05, 0.1) is 0 Å². The predicted octanol–water partition coefficient (Wildman–Crippen LogP) is 3.50. The molecule has 0 radical (unpaired) electrons. The number of likely N-dealkylation sites (N-methyl/N-ethyl adjacent to an activating group) is 1. The van der Waals surface area contributed by atoms with E-state index < -0.39 is 0 Å². The Morgan fingerprint density at radius 2 is 1.96 bits per heavy atom. The Hall–Kier alpha value is -2.37. The lowest BCUT2D eigenvalue weighted by Gasteiger charge is -2.18. The van der Waals surface area contributed by atoms with Gasteiger partial charge >= 0.3 is 0 Å². The van der Waals surface area contributed by atoms with Crippen LogP contribution in [0.3, 0.4) is 0 Å². The van der Waals surface area contributed by atoms with Crippen molar-refractivity contribution in [1.82, 2.24) is 15.0 Å². The summed E-state index contributed by atoms with van der Waals surface area (Å²) in [6.07, 6.45) is 6.67. The topological polar surface area (TPSA) is 62.5 Å². The molecule has 2 aromatic rings. The first kappa shape index (κ1) is 18.4. The Morgan fingerprint density at radius 3 is 2.69 bits per heavy atom. The number of rotatable bonds is 6. The Bertz CT molecular complexity index is 735. The summed E-state index contributed by atoms with van der Waals surface area (Å²) in [5, 5.41) is 4.10. The highest BCUT2D eigenvalue weighted by Crippen LogP contribution is 2.31. The number of aromatic nitrogens is 2. The van der Waals surface area contributed by atoms with Gasteiger partial charge in [0.25, 0.3) is 5.91 Å². The van der Waals surface area contributed by atoms with Crippen LogP contribution < -0.4 is 4.90 Å². The second-order valence-electron chi connectivity index (χ2n) is 7.31. The summed E-state index contributed by atoms with van der Waals surface area (Å²) >= 11 is 0. The molecule has 1 aliphatic rings. The van der Waals surface area contributed by atoms with Crippen LogP contribution >= 0.6 is 0 Å². The molecule has 0 atom stereocenters. The Kier molecular flexibility index (Phi) is 5.91. The normalized spacial score (nSPS) is 15.0. The largest absolute Gasteiger partial charge is 0.378 e. The second kappa shape index (κ2) is 8.34. The fourth-order valence-corrected chi connectivity index (χ4v) is 3.39. The van der Waals surface area contributed by atoms with Crippen molar-refractivity contribution >= 4 is 11.6 Å². The highest BCUT2D eigenvalue weighted by atomic mass is 16.5. The molecule has 0 unspecified atom stereocenters. The van der Waals surface area contributed by atoms with Gasteiger partial charge in [-0.2, -0.15) is 4.98 Å². The van der Waals surface area contributed by atoms with E-state index in [1.54, 1.807) is 4.90 Å². The van der Waals surface area contributed by atoms with Crippen LogP contribution in [-0.2, 0) is 6.42 Å². The lowest BCUT2D eigenvalue weighted by atomic mass is 9.89. The molecule has 1 amide bonds. The van der Waals surface area contributed by atoms with Gasteiger partial charge in [-0.15, -0.1) is 0 Å². The minimum absolute atomic E-state index is 0.00435. The molecule has 0 bridgehead atoms. The molecule has 3 rings (SSSR count). The minimum atomic E-state index is 0.00435. The molecule has 0 aliphatic heterocycles. The first-order chi connectivity index (χ1) is 12.5. The van der Waals surface area contributed by atoms with Gasteiger partial charge in [-0.25, -0.2) is 0 Å². The lowest BCUT2D eigenvalue weighted by Crippen LogP contribution is -2.29. The molecule has 1 aromatic carbocycles. The number of amides is 1. The smallest absolute Gasteiger partial charge is 0.253 e. The van der Waals surface area contributed by atoms with Crippen LogP contribution in [0.15, 0.2) is 28.8 Å². The molecular weight excluding hydrogens is 328 g/mol. The van der Waals surface area contributed by atoms with Crippen molar-refractivity contribution in [3.63, 3.8) is 0 Å². The molecule has 0 N–H and O–H groups in total. The van der Waals surface area contributed by atoms with Crippen LogP contribution in [0.1, 0.15) is 60.1 Å². The third-order valence-electron chi connectivity index (χ3n) is 5.07. The highest BCUT2D eigenvalue weighted by molar-refractivity contribution is 5.95. The monoisotopic (exact) mass is 356 g/mol. The number of benzene rings is 1. The molecule has 0 saturated heterocycles. The predicted molar refractivity (Wildman–Crippen MR) is 102 cm³/mol. The van der Waals surface area contributed by atoms with Gasteiger partial charge in [0, 0.05) is 51.3 Å². The van der Waals surface area contributed by atoms with Crippen LogP contribution in [0.25, 0.3) is 0 Å². The molecule has 140 valence electrons. The Balaban J connectivity index is 1.56. The van der Waals surface area contributed by atoms with Crippen LogP contribution in [0.4, 0.5) is 5.69 Å². The average Bonchev–Trinajstić information content (AvgIpc) is 3.15. The Labute approximate surface area is 155 Å². The van der Waals surface area contributed by atoms with E-state index in [2.05, 4.69) is 10.1 Å². The number of carbonyl (C=O) groups is 1. The van der Waals surface area contributed by atoms with E-state index >= 15 is 0 Å². The van der Waals surface area contributed by atoms with E-state index in [0.29, 0.717) is 30.3 Å².